The van der Waals surface area contributed by atoms with Gasteiger partial charge in [-0.1, -0.05) is 182 Å². The molecule has 7 aromatic carbocycles. The van der Waals surface area contributed by atoms with Crippen LogP contribution < -0.4 is 10.6 Å². The molecule has 3 aliphatic carbocycles. The molecule has 3 heteroatoms. The highest BCUT2D eigenvalue weighted by atomic mass is 32.2. The van der Waals surface area contributed by atoms with Crippen LogP contribution in [0.15, 0.2) is 203 Å². The van der Waals surface area contributed by atoms with Crippen LogP contribution in [-0.4, -0.2) is 0 Å². The molecule has 2 heterocycles. The first-order valence-corrected chi connectivity index (χ1v) is 19.9. The van der Waals surface area contributed by atoms with Crippen LogP contribution in [0.25, 0.3) is 33.0 Å². The first-order chi connectivity index (χ1) is 26.8. The number of fused-ring (bicyclic) bond motifs is 14. The second-order valence-electron chi connectivity index (χ2n) is 15.2. The number of hydrogen-bond donors (Lipinski definition) is 2. The molecule has 5 aliphatic rings. The Morgan fingerprint density at radius 2 is 1.28 bits per heavy atom. The maximum Gasteiger partial charge on any atom is 0.104 e. The van der Waals surface area contributed by atoms with Crippen LogP contribution in [0, 0.1) is 5.92 Å². The van der Waals surface area contributed by atoms with E-state index in [1.165, 1.54) is 87.5 Å². The van der Waals surface area contributed by atoms with E-state index in [1.807, 2.05) is 11.8 Å². The maximum atomic E-state index is 4.06. The van der Waals surface area contributed by atoms with Crippen molar-refractivity contribution in [1.82, 2.24) is 10.6 Å². The molecule has 1 spiro atoms. The van der Waals surface area contributed by atoms with Crippen LogP contribution in [-0.2, 0) is 5.41 Å². The van der Waals surface area contributed by atoms with E-state index in [4.69, 9.17) is 0 Å². The quantitative estimate of drug-likeness (QED) is 0.191. The number of rotatable bonds is 3. The monoisotopic (exact) mass is 708 g/mol. The summed E-state index contributed by atoms with van der Waals surface area (Å²) in [6, 6.07) is 61.0. The average molecular weight is 709 g/mol. The smallest absolute Gasteiger partial charge is 0.104 e. The summed E-state index contributed by atoms with van der Waals surface area (Å²) in [6.45, 7) is 0. The summed E-state index contributed by atoms with van der Waals surface area (Å²) in [5, 5.41) is 10.7. The normalized spacial score (nSPS) is 22.2. The molecule has 7 aromatic rings. The van der Waals surface area contributed by atoms with E-state index in [1.54, 1.807) is 0 Å². The summed E-state index contributed by atoms with van der Waals surface area (Å²) >= 11 is 1.91. The molecule has 256 valence electrons. The highest BCUT2D eigenvalue weighted by Crippen LogP contribution is 2.67. The predicted molar refractivity (Wildman–Crippen MR) is 222 cm³/mol. The largest absolute Gasteiger partial charge is 0.365 e. The zero-order valence-electron chi connectivity index (χ0n) is 29.5. The van der Waals surface area contributed by atoms with E-state index in [-0.39, 0.29) is 29.5 Å². The lowest BCUT2D eigenvalue weighted by atomic mass is 9.64. The van der Waals surface area contributed by atoms with Gasteiger partial charge in [0.15, 0.2) is 0 Å². The summed E-state index contributed by atoms with van der Waals surface area (Å²) in [5.41, 5.74) is 15.8. The lowest BCUT2D eigenvalue weighted by molar-refractivity contribution is 0.413. The predicted octanol–water partition coefficient (Wildman–Crippen LogP) is 12.0. The Kier molecular flexibility index (Phi) is 6.55. The molecule has 2 aliphatic heterocycles. The van der Waals surface area contributed by atoms with Crippen molar-refractivity contribution in [3.05, 3.63) is 232 Å². The minimum absolute atomic E-state index is 0.0219. The number of nitrogens with one attached hydrogen (secondary N) is 2. The average Bonchev–Trinajstić information content (AvgIpc) is 3.87. The highest BCUT2D eigenvalue weighted by Gasteiger charge is 2.58. The van der Waals surface area contributed by atoms with Crippen LogP contribution in [0.5, 0.6) is 0 Å². The summed E-state index contributed by atoms with van der Waals surface area (Å²) in [6.07, 6.45) is 7.62. The molecule has 2 nitrogen and oxygen atoms in total. The summed E-state index contributed by atoms with van der Waals surface area (Å²) in [5.74, 6) is 0.341. The van der Waals surface area contributed by atoms with Crippen LogP contribution in [0.2, 0.25) is 0 Å². The second-order valence-corrected chi connectivity index (χ2v) is 16.3. The van der Waals surface area contributed by atoms with Gasteiger partial charge in [-0.05, 0) is 84.1 Å². The Hall–Kier alpha value is -5.87. The Labute approximate surface area is 320 Å². The van der Waals surface area contributed by atoms with Crippen molar-refractivity contribution in [2.24, 2.45) is 5.92 Å². The van der Waals surface area contributed by atoms with Gasteiger partial charge in [-0.2, -0.15) is 0 Å². The Morgan fingerprint density at radius 3 is 2.07 bits per heavy atom. The van der Waals surface area contributed by atoms with E-state index >= 15 is 0 Å². The fraction of sp³-hybridized carbons (Fsp3) is 0.0980. The summed E-state index contributed by atoms with van der Waals surface area (Å²) in [7, 11) is 0. The lowest BCUT2D eigenvalue weighted by Crippen LogP contribution is -2.42. The minimum atomic E-state index is -0.362. The molecule has 0 aromatic heterocycles. The molecule has 0 saturated heterocycles. The van der Waals surface area contributed by atoms with Crippen molar-refractivity contribution < 1.29 is 0 Å². The molecule has 4 unspecified atom stereocenters. The lowest BCUT2D eigenvalue weighted by Gasteiger charge is -2.39. The van der Waals surface area contributed by atoms with Crippen LogP contribution in [0.1, 0.15) is 51.5 Å². The molecule has 0 saturated carbocycles. The van der Waals surface area contributed by atoms with Crippen LogP contribution in [0.3, 0.4) is 0 Å². The second kappa shape index (κ2) is 11.6. The zero-order chi connectivity index (χ0) is 35.4. The fourth-order valence-electron chi connectivity index (χ4n) is 10.5. The van der Waals surface area contributed by atoms with Crippen molar-refractivity contribution in [3.8, 4) is 22.3 Å². The van der Waals surface area contributed by atoms with E-state index in [9.17, 15) is 0 Å². The fourth-order valence-corrected chi connectivity index (χ4v) is 11.8. The third-order valence-electron chi connectivity index (χ3n) is 12.6. The molecule has 0 amide bonds. The van der Waals surface area contributed by atoms with E-state index < -0.39 is 0 Å². The zero-order valence-corrected chi connectivity index (χ0v) is 30.4. The minimum Gasteiger partial charge on any atom is -0.365 e. The van der Waals surface area contributed by atoms with Crippen molar-refractivity contribution in [2.75, 3.05) is 0 Å². The number of hydrogen-bond acceptors (Lipinski definition) is 3. The Morgan fingerprint density at radius 1 is 0.611 bits per heavy atom. The standard InChI is InChI=1S/C51H36N2S/c1-3-15-31(16-4-1)45-35-20-8-7-19-33(35)29-43-46(45)38-28-27-34(30-42(38)51(43)40-24-12-9-21-36(40)37-22-10-13-25-41(37)51)47-49-48(39-23-11-14-26-44(39)54-49)53-50(52-47)32-17-5-2-6-18-32/h1-30,38,42,48,50,52-53H. The Balaban J connectivity index is 1.14. The maximum absolute atomic E-state index is 4.06. The summed E-state index contributed by atoms with van der Waals surface area (Å²) in [4.78, 5) is 2.68. The van der Waals surface area contributed by atoms with Gasteiger partial charge < -0.3 is 5.32 Å². The molecule has 4 atom stereocenters. The van der Waals surface area contributed by atoms with Gasteiger partial charge in [0.05, 0.1) is 17.2 Å². The van der Waals surface area contributed by atoms with Gasteiger partial charge in [0, 0.05) is 21.6 Å². The first-order valence-electron chi connectivity index (χ1n) is 19.1. The van der Waals surface area contributed by atoms with E-state index in [2.05, 4.69) is 193 Å². The van der Waals surface area contributed by atoms with Gasteiger partial charge >= 0.3 is 0 Å². The molecule has 0 fully saturated rings. The van der Waals surface area contributed by atoms with Gasteiger partial charge in [-0.25, -0.2) is 0 Å². The van der Waals surface area contributed by atoms with E-state index in [0.29, 0.717) is 0 Å². The first kappa shape index (κ1) is 30.6. The Bertz CT molecular complexity index is 2730. The third kappa shape index (κ3) is 4.11. The molecule has 2 N–H and O–H groups in total. The highest BCUT2D eigenvalue weighted by molar-refractivity contribution is 8.03. The summed E-state index contributed by atoms with van der Waals surface area (Å²) < 4.78 is 0. The van der Waals surface area contributed by atoms with Crippen LogP contribution in [0.4, 0.5) is 0 Å². The van der Waals surface area contributed by atoms with Gasteiger partial charge in [-0.3, -0.25) is 5.32 Å². The SMILES string of the molecule is C1=CC2c3c(cc4ccccc4c3-c3ccccc3)C3(c4ccccc4-c4ccccc43)C2C=C1C1=C2Sc3ccccc3C2NC(c2ccccc2)N1. The van der Waals surface area contributed by atoms with Crippen molar-refractivity contribution in [1.29, 1.82) is 0 Å². The molecule has 0 bridgehead atoms. The molecule has 0 radical (unpaired) electrons. The van der Waals surface area contributed by atoms with Gasteiger partial charge in [-0.15, -0.1) is 0 Å². The van der Waals surface area contributed by atoms with Crippen molar-refractivity contribution in [2.45, 2.75) is 28.4 Å². The van der Waals surface area contributed by atoms with E-state index in [0.717, 1.165) is 0 Å². The van der Waals surface area contributed by atoms with Crippen molar-refractivity contribution >= 4 is 22.5 Å². The van der Waals surface area contributed by atoms with Gasteiger partial charge in [0.2, 0.25) is 0 Å². The topological polar surface area (TPSA) is 24.1 Å². The number of allylic oxidation sites excluding steroid dienone is 3. The van der Waals surface area contributed by atoms with Gasteiger partial charge in [0.25, 0.3) is 0 Å². The number of thioether (sulfide) groups is 1. The van der Waals surface area contributed by atoms with Gasteiger partial charge in [0.1, 0.15) is 6.17 Å². The van der Waals surface area contributed by atoms with Crippen molar-refractivity contribution in [3.63, 3.8) is 0 Å². The number of benzene rings is 7. The van der Waals surface area contributed by atoms with Crippen LogP contribution >= 0.6 is 11.8 Å². The molecule has 54 heavy (non-hydrogen) atoms. The molecule has 12 rings (SSSR count). The molecular weight excluding hydrogens is 673 g/mol. The third-order valence-corrected chi connectivity index (χ3v) is 13.9. The molecular formula is C51H36N2S.